The topological polar surface area (TPSA) is 89.8 Å². The summed E-state index contributed by atoms with van der Waals surface area (Å²) in [6.45, 7) is 4.09. The number of carbonyl (C=O) groups excluding carboxylic acids is 2. The highest BCUT2D eigenvalue weighted by molar-refractivity contribution is 7.17. The van der Waals surface area contributed by atoms with Crippen LogP contribution < -0.4 is 5.32 Å². The summed E-state index contributed by atoms with van der Waals surface area (Å²) in [4.78, 5) is 33.0. The van der Waals surface area contributed by atoms with E-state index in [4.69, 9.17) is 0 Å². The summed E-state index contributed by atoms with van der Waals surface area (Å²) in [5.41, 5.74) is 0.688. The number of amides is 1. The van der Waals surface area contributed by atoms with E-state index in [0.717, 1.165) is 12.1 Å². The molecular weight excluding hydrogens is 290 g/mol. The van der Waals surface area contributed by atoms with Gasteiger partial charge in [0, 0.05) is 13.5 Å². The number of rotatable bonds is 2. The Labute approximate surface area is 125 Å². The molecule has 2 heterocycles. The molecule has 0 saturated heterocycles. The van der Waals surface area contributed by atoms with Crippen LogP contribution in [0.3, 0.4) is 0 Å². The molecule has 1 aliphatic carbocycles. The van der Waals surface area contributed by atoms with Gasteiger partial charge in [-0.1, -0.05) is 25.2 Å². The van der Waals surface area contributed by atoms with Crippen LogP contribution in [-0.2, 0) is 13.5 Å². The predicted octanol–water partition coefficient (Wildman–Crippen LogP) is 1.68. The first-order valence-electron chi connectivity index (χ1n) is 6.54. The minimum Gasteiger partial charge on any atom is -0.295 e. The Morgan fingerprint density at radius 1 is 1.43 bits per heavy atom. The maximum absolute atomic E-state index is 12.1. The lowest BCUT2D eigenvalue weighted by molar-refractivity contribution is 0.0915. The highest BCUT2D eigenvalue weighted by Gasteiger charge is 2.34. The fourth-order valence-electron chi connectivity index (χ4n) is 2.37. The van der Waals surface area contributed by atoms with Crippen LogP contribution in [-0.4, -0.2) is 31.4 Å². The standard InChI is InChI=1S/C13H15N5O2S/c1-13(2)4-7-9(8(19)5-13)21-12(15-7)16-11(20)10-14-6-18(3)17-10/h6H,4-5H2,1-3H3,(H,15,16,20). The molecular formula is C13H15N5O2S. The van der Waals surface area contributed by atoms with E-state index in [2.05, 4.69) is 20.4 Å². The van der Waals surface area contributed by atoms with E-state index in [-0.39, 0.29) is 17.0 Å². The van der Waals surface area contributed by atoms with Gasteiger partial charge in [0.05, 0.1) is 10.6 Å². The smallest absolute Gasteiger partial charge is 0.295 e. The number of anilines is 1. The first-order chi connectivity index (χ1) is 9.84. The second-order valence-electron chi connectivity index (χ2n) is 5.93. The molecule has 1 N–H and O–H groups in total. The number of hydrogen-bond acceptors (Lipinski definition) is 6. The van der Waals surface area contributed by atoms with Crippen molar-refractivity contribution in [2.24, 2.45) is 12.5 Å². The van der Waals surface area contributed by atoms with Crippen LogP contribution in [0, 0.1) is 5.41 Å². The molecule has 1 amide bonds. The molecule has 0 saturated carbocycles. The van der Waals surface area contributed by atoms with Gasteiger partial charge in [0.25, 0.3) is 5.91 Å². The number of fused-ring (bicyclic) bond motifs is 1. The van der Waals surface area contributed by atoms with Crippen LogP contribution in [0.25, 0.3) is 0 Å². The number of aromatic nitrogens is 4. The number of carbonyl (C=O) groups is 2. The van der Waals surface area contributed by atoms with Crippen molar-refractivity contribution in [3.05, 3.63) is 22.7 Å². The molecule has 7 nitrogen and oxygen atoms in total. The van der Waals surface area contributed by atoms with Gasteiger partial charge < -0.3 is 0 Å². The largest absolute Gasteiger partial charge is 0.297 e. The third-order valence-corrected chi connectivity index (χ3v) is 4.31. The van der Waals surface area contributed by atoms with E-state index in [9.17, 15) is 9.59 Å². The second kappa shape index (κ2) is 4.73. The molecule has 3 rings (SSSR count). The zero-order valence-electron chi connectivity index (χ0n) is 12.0. The molecule has 0 atom stereocenters. The Morgan fingerprint density at radius 2 is 2.19 bits per heavy atom. The number of nitrogens with zero attached hydrogens (tertiary/aromatic N) is 4. The van der Waals surface area contributed by atoms with Crippen molar-refractivity contribution in [3.63, 3.8) is 0 Å². The molecule has 8 heteroatoms. The maximum atomic E-state index is 12.1. The van der Waals surface area contributed by atoms with Gasteiger partial charge >= 0.3 is 0 Å². The fraction of sp³-hybridized carbons (Fsp3) is 0.462. The quantitative estimate of drug-likeness (QED) is 0.911. The Bertz CT molecular complexity index is 731. The molecule has 110 valence electrons. The number of ketones is 1. The van der Waals surface area contributed by atoms with Crippen LogP contribution in [0.1, 0.15) is 46.3 Å². The molecule has 0 bridgehead atoms. The highest BCUT2D eigenvalue weighted by atomic mass is 32.1. The predicted molar refractivity (Wildman–Crippen MR) is 77.5 cm³/mol. The summed E-state index contributed by atoms with van der Waals surface area (Å²) in [5, 5.41) is 7.00. The van der Waals surface area contributed by atoms with Crippen LogP contribution >= 0.6 is 11.3 Å². The SMILES string of the molecule is Cn1cnc(C(=O)Nc2nc3c(s2)C(=O)CC(C)(C)C3)n1. The molecule has 0 aromatic carbocycles. The molecule has 0 spiro atoms. The van der Waals surface area contributed by atoms with E-state index < -0.39 is 5.91 Å². The lowest BCUT2D eigenvalue weighted by atomic mass is 9.78. The molecule has 1 aliphatic rings. The minimum absolute atomic E-state index is 0.0809. The fourth-order valence-corrected chi connectivity index (χ4v) is 3.28. The summed E-state index contributed by atoms with van der Waals surface area (Å²) in [7, 11) is 1.69. The third-order valence-electron chi connectivity index (χ3n) is 3.26. The van der Waals surface area contributed by atoms with Crippen LogP contribution in [0.5, 0.6) is 0 Å². The normalized spacial score (nSPS) is 16.6. The summed E-state index contributed by atoms with van der Waals surface area (Å²) < 4.78 is 1.45. The van der Waals surface area contributed by atoms with Gasteiger partial charge in [0.15, 0.2) is 10.9 Å². The second-order valence-corrected chi connectivity index (χ2v) is 6.93. The van der Waals surface area contributed by atoms with Gasteiger partial charge in [-0.05, 0) is 11.8 Å². The van der Waals surface area contributed by atoms with Gasteiger partial charge in [-0.3, -0.25) is 19.6 Å². The van der Waals surface area contributed by atoms with Crippen LogP contribution in [0.15, 0.2) is 6.33 Å². The summed E-state index contributed by atoms with van der Waals surface area (Å²) in [6, 6.07) is 0. The number of hydrogen-bond donors (Lipinski definition) is 1. The number of aryl methyl sites for hydroxylation is 1. The molecule has 0 aliphatic heterocycles. The average molecular weight is 305 g/mol. The van der Waals surface area contributed by atoms with Gasteiger partial charge in [0.1, 0.15) is 6.33 Å². The Balaban J connectivity index is 1.82. The molecule has 0 unspecified atom stereocenters. The van der Waals surface area contributed by atoms with Crippen LogP contribution in [0.2, 0.25) is 0 Å². The van der Waals surface area contributed by atoms with E-state index in [0.29, 0.717) is 16.4 Å². The van der Waals surface area contributed by atoms with E-state index in [1.54, 1.807) is 7.05 Å². The van der Waals surface area contributed by atoms with Crippen molar-refractivity contribution in [3.8, 4) is 0 Å². The van der Waals surface area contributed by atoms with Gasteiger partial charge in [-0.2, -0.15) is 0 Å². The van der Waals surface area contributed by atoms with Gasteiger partial charge in [0.2, 0.25) is 5.82 Å². The zero-order valence-corrected chi connectivity index (χ0v) is 12.8. The zero-order chi connectivity index (χ0) is 15.2. The average Bonchev–Trinajstić information content (AvgIpc) is 2.94. The summed E-state index contributed by atoms with van der Waals surface area (Å²) >= 11 is 1.22. The van der Waals surface area contributed by atoms with Gasteiger partial charge in [-0.25, -0.2) is 9.97 Å². The molecule has 0 radical (unpaired) electrons. The summed E-state index contributed by atoms with van der Waals surface area (Å²) in [6.07, 6.45) is 2.70. The molecule has 21 heavy (non-hydrogen) atoms. The monoisotopic (exact) mass is 305 g/mol. The molecule has 0 fully saturated rings. The number of Topliss-reactive ketones (excluding diaryl/α,β-unsaturated/α-hetero) is 1. The third kappa shape index (κ3) is 2.71. The van der Waals surface area contributed by atoms with Crippen molar-refractivity contribution in [2.75, 3.05) is 5.32 Å². The lowest BCUT2D eigenvalue weighted by Crippen LogP contribution is -2.26. The van der Waals surface area contributed by atoms with E-state index >= 15 is 0 Å². The van der Waals surface area contributed by atoms with E-state index in [1.807, 2.05) is 13.8 Å². The first-order valence-corrected chi connectivity index (χ1v) is 7.36. The summed E-state index contributed by atoms with van der Waals surface area (Å²) in [5.74, 6) is -0.249. The van der Waals surface area contributed by atoms with Crippen molar-refractivity contribution >= 4 is 28.2 Å². The first kappa shape index (κ1) is 13.9. The molecule has 2 aromatic heterocycles. The van der Waals surface area contributed by atoms with Crippen molar-refractivity contribution in [2.45, 2.75) is 26.7 Å². The van der Waals surface area contributed by atoms with Gasteiger partial charge in [-0.15, -0.1) is 5.10 Å². The Morgan fingerprint density at radius 3 is 2.86 bits per heavy atom. The van der Waals surface area contributed by atoms with Crippen molar-refractivity contribution in [1.82, 2.24) is 19.7 Å². The molecule has 2 aromatic rings. The van der Waals surface area contributed by atoms with Crippen molar-refractivity contribution in [1.29, 1.82) is 0 Å². The number of nitrogens with one attached hydrogen (secondary N) is 1. The van der Waals surface area contributed by atoms with Crippen molar-refractivity contribution < 1.29 is 9.59 Å². The van der Waals surface area contributed by atoms with Crippen LogP contribution in [0.4, 0.5) is 5.13 Å². The Hall–Kier alpha value is -2.09. The number of thiazole rings is 1. The van der Waals surface area contributed by atoms with E-state index in [1.165, 1.54) is 22.3 Å². The minimum atomic E-state index is -0.423. The highest BCUT2D eigenvalue weighted by Crippen LogP contribution is 2.38. The lowest BCUT2D eigenvalue weighted by Gasteiger charge is -2.26. The Kier molecular flexibility index (Phi) is 3.12. The maximum Gasteiger partial charge on any atom is 0.297 e.